The molecular formula is C14H17BrN2O3. The molecule has 0 spiro atoms. The van der Waals surface area contributed by atoms with Crippen molar-refractivity contribution in [3.05, 3.63) is 28.7 Å². The molecule has 1 unspecified atom stereocenters. The van der Waals surface area contributed by atoms with E-state index in [0.717, 1.165) is 10.2 Å². The first kappa shape index (κ1) is 15.0. The number of imide groups is 1. The van der Waals surface area contributed by atoms with Crippen molar-refractivity contribution >= 4 is 27.7 Å². The smallest absolute Gasteiger partial charge is 0.243 e. The molecule has 1 atom stereocenters. The fourth-order valence-corrected chi connectivity index (χ4v) is 2.48. The Morgan fingerprint density at radius 1 is 1.35 bits per heavy atom. The highest BCUT2D eigenvalue weighted by Gasteiger charge is 2.31. The molecule has 2 amide bonds. The number of nitrogens with zero attached hydrogens (tertiary/aromatic N) is 1. The number of carbonyl (C=O) groups excluding carboxylic acids is 2. The zero-order chi connectivity index (χ0) is 14.5. The van der Waals surface area contributed by atoms with Gasteiger partial charge in [0, 0.05) is 11.0 Å². The Hall–Kier alpha value is -1.40. The summed E-state index contributed by atoms with van der Waals surface area (Å²) >= 11 is 3.36. The van der Waals surface area contributed by atoms with Crippen molar-refractivity contribution in [3.63, 3.8) is 0 Å². The molecule has 1 aromatic rings. The van der Waals surface area contributed by atoms with Crippen molar-refractivity contribution in [2.75, 3.05) is 19.7 Å². The first-order valence-electron chi connectivity index (χ1n) is 6.56. The maximum Gasteiger partial charge on any atom is 0.243 e. The fraction of sp³-hybridized carbons (Fsp3) is 0.429. The van der Waals surface area contributed by atoms with E-state index < -0.39 is 0 Å². The second kappa shape index (κ2) is 6.85. The molecule has 0 bridgehead atoms. The standard InChI is InChI=1S/C14H17BrN2O3/c1-2-12-14(19)16-13(18)9-17(12)7-8-20-11-5-3-10(15)4-6-11/h3-6,12H,2,7-9H2,1H3,(H,16,18,19). The Kier molecular flexibility index (Phi) is 5.14. The first-order valence-corrected chi connectivity index (χ1v) is 7.35. The van der Waals surface area contributed by atoms with E-state index in [1.165, 1.54) is 0 Å². The van der Waals surface area contributed by atoms with Crippen LogP contribution in [0.5, 0.6) is 5.75 Å². The van der Waals surface area contributed by atoms with Gasteiger partial charge < -0.3 is 4.74 Å². The summed E-state index contributed by atoms with van der Waals surface area (Å²) in [6, 6.07) is 7.30. The van der Waals surface area contributed by atoms with Crippen LogP contribution in [0.3, 0.4) is 0 Å². The predicted molar refractivity (Wildman–Crippen MR) is 78.4 cm³/mol. The molecule has 1 aliphatic heterocycles. The van der Waals surface area contributed by atoms with Gasteiger partial charge in [-0.15, -0.1) is 0 Å². The Morgan fingerprint density at radius 3 is 2.70 bits per heavy atom. The molecule has 1 aliphatic rings. The van der Waals surface area contributed by atoms with E-state index in [0.29, 0.717) is 19.6 Å². The van der Waals surface area contributed by atoms with E-state index in [9.17, 15) is 9.59 Å². The van der Waals surface area contributed by atoms with E-state index >= 15 is 0 Å². The number of ether oxygens (including phenoxy) is 1. The molecule has 1 fully saturated rings. The summed E-state index contributed by atoms with van der Waals surface area (Å²) in [6.45, 7) is 3.17. The zero-order valence-corrected chi connectivity index (χ0v) is 12.9. The topological polar surface area (TPSA) is 58.6 Å². The molecule has 1 aromatic carbocycles. The molecule has 1 saturated heterocycles. The van der Waals surface area contributed by atoms with Gasteiger partial charge in [0.25, 0.3) is 0 Å². The lowest BCUT2D eigenvalue weighted by Crippen LogP contribution is -2.58. The highest BCUT2D eigenvalue weighted by Crippen LogP contribution is 2.16. The molecule has 5 nitrogen and oxygen atoms in total. The zero-order valence-electron chi connectivity index (χ0n) is 11.3. The normalized spacial score (nSPS) is 19.8. The van der Waals surface area contributed by atoms with Crippen molar-refractivity contribution < 1.29 is 14.3 Å². The summed E-state index contributed by atoms with van der Waals surface area (Å²) in [6.07, 6.45) is 0.678. The number of hydrogen-bond acceptors (Lipinski definition) is 4. The van der Waals surface area contributed by atoms with Crippen molar-refractivity contribution in [2.24, 2.45) is 0 Å². The Bertz CT molecular complexity index is 490. The van der Waals surface area contributed by atoms with E-state index in [2.05, 4.69) is 21.2 Å². The monoisotopic (exact) mass is 340 g/mol. The molecule has 6 heteroatoms. The maximum absolute atomic E-state index is 11.7. The second-order valence-corrected chi connectivity index (χ2v) is 5.53. The number of halogens is 1. The van der Waals surface area contributed by atoms with E-state index in [4.69, 9.17) is 4.74 Å². The molecule has 108 valence electrons. The minimum Gasteiger partial charge on any atom is -0.492 e. The minimum absolute atomic E-state index is 0.215. The van der Waals surface area contributed by atoms with E-state index in [1.807, 2.05) is 36.1 Å². The molecule has 0 aliphatic carbocycles. The number of piperazine rings is 1. The van der Waals surface area contributed by atoms with Crippen LogP contribution in [0.2, 0.25) is 0 Å². The summed E-state index contributed by atoms with van der Waals surface area (Å²) in [5, 5.41) is 2.36. The lowest BCUT2D eigenvalue weighted by atomic mass is 10.1. The van der Waals surface area contributed by atoms with Crippen LogP contribution in [0.1, 0.15) is 13.3 Å². The van der Waals surface area contributed by atoms with Crippen molar-refractivity contribution in [1.29, 1.82) is 0 Å². The third kappa shape index (κ3) is 3.80. The van der Waals surface area contributed by atoms with Gasteiger partial charge in [-0.2, -0.15) is 0 Å². The Labute approximate surface area is 126 Å². The summed E-state index contributed by atoms with van der Waals surface area (Å²) in [5.41, 5.74) is 0. The van der Waals surface area contributed by atoms with Crippen LogP contribution in [0, 0.1) is 0 Å². The number of benzene rings is 1. The van der Waals surface area contributed by atoms with Gasteiger partial charge in [-0.05, 0) is 30.7 Å². The van der Waals surface area contributed by atoms with Gasteiger partial charge in [-0.3, -0.25) is 19.8 Å². The highest BCUT2D eigenvalue weighted by molar-refractivity contribution is 9.10. The van der Waals surface area contributed by atoms with Crippen LogP contribution < -0.4 is 10.1 Å². The quantitative estimate of drug-likeness (QED) is 0.826. The number of amides is 2. The van der Waals surface area contributed by atoms with Gasteiger partial charge in [-0.1, -0.05) is 22.9 Å². The maximum atomic E-state index is 11.7. The molecule has 1 N–H and O–H groups in total. The number of carbonyl (C=O) groups is 2. The second-order valence-electron chi connectivity index (χ2n) is 4.61. The molecular weight excluding hydrogens is 324 g/mol. The van der Waals surface area contributed by atoms with Crippen LogP contribution in [0.15, 0.2) is 28.7 Å². The summed E-state index contributed by atoms with van der Waals surface area (Å²) in [7, 11) is 0. The van der Waals surface area contributed by atoms with E-state index in [-0.39, 0.29) is 24.4 Å². The predicted octanol–water partition coefficient (Wildman–Crippen LogP) is 1.56. The van der Waals surface area contributed by atoms with Crippen LogP contribution in [-0.2, 0) is 9.59 Å². The highest BCUT2D eigenvalue weighted by atomic mass is 79.9. The summed E-state index contributed by atoms with van der Waals surface area (Å²) in [5.74, 6) is 0.310. The Morgan fingerprint density at radius 2 is 2.05 bits per heavy atom. The molecule has 1 heterocycles. The number of nitrogens with one attached hydrogen (secondary N) is 1. The van der Waals surface area contributed by atoms with Gasteiger partial charge in [0.05, 0.1) is 12.6 Å². The summed E-state index contributed by atoms with van der Waals surface area (Å²) in [4.78, 5) is 25.0. The average molecular weight is 341 g/mol. The van der Waals surface area contributed by atoms with Gasteiger partial charge in [0.15, 0.2) is 0 Å². The van der Waals surface area contributed by atoms with Gasteiger partial charge in [0.1, 0.15) is 12.4 Å². The van der Waals surface area contributed by atoms with Crippen molar-refractivity contribution in [2.45, 2.75) is 19.4 Å². The molecule has 2 rings (SSSR count). The third-order valence-electron chi connectivity index (χ3n) is 3.20. The van der Waals surface area contributed by atoms with Crippen molar-refractivity contribution in [1.82, 2.24) is 10.2 Å². The largest absolute Gasteiger partial charge is 0.492 e. The Balaban J connectivity index is 1.87. The third-order valence-corrected chi connectivity index (χ3v) is 3.73. The lowest BCUT2D eigenvalue weighted by molar-refractivity contribution is -0.140. The van der Waals surface area contributed by atoms with Crippen LogP contribution in [0.4, 0.5) is 0 Å². The molecule has 20 heavy (non-hydrogen) atoms. The molecule has 0 saturated carbocycles. The lowest BCUT2D eigenvalue weighted by Gasteiger charge is -2.33. The van der Waals surface area contributed by atoms with Crippen LogP contribution in [-0.4, -0.2) is 42.5 Å². The number of rotatable bonds is 5. The van der Waals surface area contributed by atoms with Crippen LogP contribution in [0.25, 0.3) is 0 Å². The van der Waals surface area contributed by atoms with Gasteiger partial charge in [0.2, 0.25) is 11.8 Å². The van der Waals surface area contributed by atoms with Crippen molar-refractivity contribution in [3.8, 4) is 5.75 Å². The minimum atomic E-state index is -0.249. The molecule has 0 aromatic heterocycles. The summed E-state index contributed by atoms with van der Waals surface area (Å²) < 4.78 is 6.62. The number of hydrogen-bond donors (Lipinski definition) is 1. The molecule has 0 radical (unpaired) electrons. The average Bonchev–Trinajstić information content (AvgIpc) is 2.40. The van der Waals surface area contributed by atoms with Crippen LogP contribution >= 0.6 is 15.9 Å². The SMILES string of the molecule is CCC1C(=O)NC(=O)CN1CCOc1ccc(Br)cc1. The van der Waals surface area contributed by atoms with Gasteiger partial charge in [-0.25, -0.2) is 0 Å². The first-order chi connectivity index (χ1) is 9.60. The van der Waals surface area contributed by atoms with Gasteiger partial charge >= 0.3 is 0 Å². The fourth-order valence-electron chi connectivity index (χ4n) is 2.21. The van der Waals surface area contributed by atoms with E-state index in [1.54, 1.807) is 0 Å².